The van der Waals surface area contributed by atoms with E-state index in [0.717, 1.165) is 17.9 Å². The third-order valence-electron chi connectivity index (χ3n) is 3.64. The fourth-order valence-electron chi connectivity index (χ4n) is 3.36. The van der Waals surface area contributed by atoms with Crippen LogP contribution < -0.4 is 0 Å². The van der Waals surface area contributed by atoms with E-state index in [1.165, 1.54) is 25.8 Å². The van der Waals surface area contributed by atoms with Crippen molar-refractivity contribution in [1.29, 1.82) is 0 Å². The van der Waals surface area contributed by atoms with Gasteiger partial charge in [0.15, 0.2) is 0 Å². The smallest absolute Gasteiger partial charge is 0.00999 e. The number of hydrogen-bond acceptors (Lipinski definition) is 1. The van der Waals surface area contributed by atoms with Gasteiger partial charge in [-0.25, -0.2) is 0 Å². The molecule has 2 atom stereocenters. The molecule has 0 aromatic rings. The number of hydrogen-bond donors (Lipinski definition) is 0. The normalized spacial score (nSPS) is 31.2. The predicted octanol–water partition coefficient (Wildman–Crippen LogP) is 3.79. The second-order valence-corrected chi connectivity index (χ2v) is 6.90. The van der Waals surface area contributed by atoms with Crippen molar-refractivity contribution in [3.05, 3.63) is 0 Å². The lowest BCUT2D eigenvalue weighted by molar-refractivity contribution is 0.0764. The van der Waals surface area contributed by atoms with E-state index in [9.17, 15) is 0 Å². The van der Waals surface area contributed by atoms with Gasteiger partial charge in [0.05, 0.1) is 0 Å². The van der Waals surface area contributed by atoms with E-state index in [1.807, 2.05) is 0 Å². The molecular formula is C14H29N. The standard InChI is InChI=1S/C14H29N/c1-11(2)10-15(6)13-7-12(3)8-14(4,5)9-13/h11-13H,7-10H2,1-6H3. The van der Waals surface area contributed by atoms with Gasteiger partial charge in [-0.3, -0.25) is 0 Å². The maximum absolute atomic E-state index is 2.59. The molecule has 0 amide bonds. The minimum absolute atomic E-state index is 0.549. The van der Waals surface area contributed by atoms with Gasteiger partial charge in [-0.15, -0.1) is 0 Å². The molecule has 0 N–H and O–H groups in total. The van der Waals surface area contributed by atoms with Crippen molar-refractivity contribution in [3.8, 4) is 0 Å². The van der Waals surface area contributed by atoms with Crippen molar-refractivity contribution < 1.29 is 0 Å². The monoisotopic (exact) mass is 211 g/mol. The maximum Gasteiger partial charge on any atom is 0.00999 e. The van der Waals surface area contributed by atoms with E-state index in [-0.39, 0.29) is 0 Å². The fraction of sp³-hybridized carbons (Fsp3) is 1.00. The van der Waals surface area contributed by atoms with Crippen LogP contribution in [0.25, 0.3) is 0 Å². The van der Waals surface area contributed by atoms with Crippen molar-refractivity contribution in [2.75, 3.05) is 13.6 Å². The average molecular weight is 211 g/mol. The van der Waals surface area contributed by atoms with Gasteiger partial charge < -0.3 is 4.90 Å². The molecule has 1 aliphatic carbocycles. The molecule has 0 aromatic heterocycles. The zero-order chi connectivity index (χ0) is 11.6. The Kier molecular flexibility index (Phi) is 4.22. The molecular weight excluding hydrogens is 182 g/mol. The van der Waals surface area contributed by atoms with Crippen LogP contribution in [0.1, 0.15) is 53.9 Å². The van der Waals surface area contributed by atoms with Crippen molar-refractivity contribution in [2.24, 2.45) is 17.3 Å². The Bertz CT molecular complexity index is 196. The van der Waals surface area contributed by atoms with Crippen molar-refractivity contribution in [3.63, 3.8) is 0 Å². The zero-order valence-electron chi connectivity index (χ0n) is 11.5. The van der Waals surface area contributed by atoms with E-state index in [0.29, 0.717) is 5.41 Å². The van der Waals surface area contributed by atoms with Crippen LogP contribution in [0, 0.1) is 17.3 Å². The van der Waals surface area contributed by atoms with Crippen LogP contribution in [0.15, 0.2) is 0 Å². The van der Waals surface area contributed by atoms with Crippen LogP contribution in [0.2, 0.25) is 0 Å². The first-order chi connectivity index (χ1) is 6.80. The Morgan fingerprint density at radius 1 is 1.27 bits per heavy atom. The highest BCUT2D eigenvalue weighted by Gasteiger charge is 2.33. The van der Waals surface area contributed by atoms with Crippen LogP contribution >= 0.6 is 0 Å². The molecule has 0 spiro atoms. The van der Waals surface area contributed by atoms with Crippen molar-refractivity contribution >= 4 is 0 Å². The molecule has 0 heterocycles. The van der Waals surface area contributed by atoms with Gasteiger partial charge in [-0.2, -0.15) is 0 Å². The first kappa shape index (κ1) is 13.0. The molecule has 1 fully saturated rings. The van der Waals surface area contributed by atoms with E-state index in [1.54, 1.807) is 0 Å². The Labute approximate surface area is 96.2 Å². The third kappa shape index (κ3) is 4.14. The zero-order valence-corrected chi connectivity index (χ0v) is 11.5. The Hall–Kier alpha value is -0.0400. The molecule has 1 aliphatic rings. The molecule has 1 saturated carbocycles. The summed E-state index contributed by atoms with van der Waals surface area (Å²) >= 11 is 0. The number of rotatable bonds is 3. The maximum atomic E-state index is 2.59. The molecule has 1 heteroatoms. The molecule has 0 bridgehead atoms. The Morgan fingerprint density at radius 3 is 2.33 bits per heavy atom. The molecule has 0 aliphatic heterocycles. The summed E-state index contributed by atoms with van der Waals surface area (Å²) in [6.07, 6.45) is 4.17. The fourth-order valence-corrected chi connectivity index (χ4v) is 3.36. The first-order valence-corrected chi connectivity index (χ1v) is 6.50. The largest absolute Gasteiger partial charge is 0.303 e. The Morgan fingerprint density at radius 2 is 1.87 bits per heavy atom. The Balaban J connectivity index is 2.54. The van der Waals surface area contributed by atoms with E-state index in [4.69, 9.17) is 0 Å². The summed E-state index contributed by atoms with van der Waals surface area (Å²) in [5, 5.41) is 0. The van der Waals surface area contributed by atoms with E-state index >= 15 is 0 Å². The van der Waals surface area contributed by atoms with Gasteiger partial charge in [0.2, 0.25) is 0 Å². The lowest BCUT2D eigenvalue weighted by atomic mass is 9.70. The summed E-state index contributed by atoms with van der Waals surface area (Å²) in [4.78, 5) is 2.59. The molecule has 0 saturated heterocycles. The van der Waals surface area contributed by atoms with Crippen LogP contribution in [-0.2, 0) is 0 Å². The molecule has 1 nitrogen and oxygen atoms in total. The van der Waals surface area contributed by atoms with Crippen LogP contribution in [-0.4, -0.2) is 24.5 Å². The minimum Gasteiger partial charge on any atom is -0.303 e. The summed E-state index contributed by atoms with van der Waals surface area (Å²) in [5.74, 6) is 1.68. The summed E-state index contributed by atoms with van der Waals surface area (Å²) in [7, 11) is 2.30. The van der Waals surface area contributed by atoms with Crippen LogP contribution in [0.4, 0.5) is 0 Å². The SMILES string of the molecule is CC(C)CN(C)C1CC(C)CC(C)(C)C1. The first-order valence-electron chi connectivity index (χ1n) is 6.50. The van der Waals surface area contributed by atoms with E-state index < -0.39 is 0 Å². The second kappa shape index (κ2) is 4.86. The highest BCUT2D eigenvalue weighted by molar-refractivity contribution is 4.87. The highest BCUT2D eigenvalue weighted by atomic mass is 15.1. The van der Waals surface area contributed by atoms with Crippen LogP contribution in [0.3, 0.4) is 0 Å². The summed E-state index contributed by atoms with van der Waals surface area (Å²) < 4.78 is 0. The minimum atomic E-state index is 0.549. The molecule has 2 unspecified atom stereocenters. The van der Waals surface area contributed by atoms with Crippen LogP contribution in [0.5, 0.6) is 0 Å². The topological polar surface area (TPSA) is 3.24 Å². The van der Waals surface area contributed by atoms with Gasteiger partial charge in [0.1, 0.15) is 0 Å². The van der Waals surface area contributed by atoms with Gasteiger partial charge in [0.25, 0.3) is 0 Å². The van der Waals surface area contributed by atoms with Gasteiger partial charge in [0, 0.05) is 12.6 Å². The molecule has 0 radical (unpaired) electrons. The molecule has 1 rings (SSSR count). The van der Waals surface area contributed by atoms with Crippen molar-refractivity contribution in [2.45, 2.75) is 59.9 Å². The molecule has 0 aromatic carbocycles. The van der Waals surface area contributed by atoms with Gasteiger partial charge in [-0.05, 0) is 43.6 Å². The van der Waals surface area contributed by atoms with Gasteiger partial charge >= 0.3 is 0 Å². The summed E-state index contributed by atoms with van der Waals surface area (Å²) in [5.41, 5.74) is 0.549. The number of nitrogens with zero attached hydrogens (tertiary/aromatic N) is 1. The molecule has 15 heavy (non-hydrogen) atoms. The summed E-state index contributed by atoms with van der Waals surface area (Å²) in [6.45, 7) is 13.1. The lowest BCUT2D eigenvalue weighted by Gasteiger charge is -2.43. The second-order valence-electron chi connectivity index (χ2n) is 6.90. The average Bonchev–Trinajstić information content (AvgIpc) is 1.98. The van der Waals surface area contributed by atoms with Gasteiger partial charge in [-0.1, -0.05) is 34.6 Å². The quantitative estimate of drug-likeness (QED) is 0.686. The lowest BCUT2D eigenvalue weighted by Crippen LogP contribution is -2.42. The van der Waals surface area contributed by atoms with Crippen molar-refractivity contribution in [1.82, 2.24) is 4.90 Å². The van der Waals surface area contributed by atoms with E-state index in [2.05, 4.69) is 46.6 Å². The highest BCUT2D eigenvalue weighted by Crippen LogP contribution is 2.40. The molecule has 90 valence electrons. The summed E-state index contributed by atoms with van der Waals surface area (Å²) in [6, 6.07) is 0.811. The third-order valence-corrected chi connectivity index (χ3v) is 3.64. The predicted molar refractivity (Wildman–Crippen MR) is 68.1 cm³/mol.